The highest BCUT2D eigenvalue weighted by Gasteiger charge is 2.23. The van der Waals surface area contributed by atoms with Crippen molar-refractivity contribution in [3.63, 3.8) is 0 Å². The number of carboxylic acids is 1. The third kappa shape index (κ3) is 4.18. The number of aliphatic carboxylic acids is 1. The maximum atomic E-state index is 12.3. The summed E-state index contributed by atoms with van der Waals surface area (Å²) < 4.78 is 0. The highest BCUT2D eigenvalue weighted by molar-refractivity contribution is 6.00. The van der Waals surface area contributed by atoms with Crippen molar-refractivity contribution in [3.8, 4) is 0 Å². The lowest BCUT2D eigenvalue weighted by molar-refractivity contribution is -0.139. The lowest BCUT2D eigenvalue weighted by Crippen LogP contribution is -2.40. The SMILES string of the molecule is C/C=C/CC(NC(=O)c1cccc(N2CCCC2=O)c1)C(=O)O. The number of benzene rings is 1. The number of amides is 2. The van der Waals surface area contributed by atoms with Crippen LogP contribution in [0.2, 0.25) is 0 Å². The first-order valence-corrected chi connectivity index (χ1v) is 7.58. The number of carbonyl (C=O) groups is 3. The Bertz CT molecular complexity index is 639. The van der Waals surface area contributed by atoms with E-state index in [1.54, 1.807) is 48.2 Å². The number of allylic oxidation sites excluding steroid dienone is 1. The summed E-state index contributed by atoms with van der Waals surface area (Å²) in [6.45, 7) is 2.43. The fraction of sp³-hybridized carbons (Fsp3) is 0.353. The Morgan fingerprint density at radius 1 is 1.43 bits per heavy atom. The fourth-order valence-electron chi connectivity index (χ4n) is 2.47. The van der Waals surface area contributed by atoms with Crippen LogP contribution in [0.25, 0.3) is 0 Å². The second kappa shape index (κ2) is 7.58. The van der Waals surface area contributed by atoms with E-state index in [-0.39, 0.29) is 12.3 Å². The summed E-state index contributed by atoms with van der Waals surface area (Å²) in [6.07, 6.45) is 4.97. The molecule has 0 aliphatic carbocycles. The molecule has 1 unspecified atom stereocenters. The van der Waals surface area contributed by atoms with E-state index in [1.807, 2.05) is 0 Å². The van der Waals surface area contributed by atoms with Crippen molar-refractivity contribution < 1.29 is 19.5 Å². The zero-order valence-electron chi connectivity index (χ0n) is 13.0. The second-order valence-corrected chi connectivity index (χ2v) is 5.37. The van der Waals surface area contributed by atoms with Crippen LogP contribution in [0.1, 0.15) is 36.5 Å². The molecule has 1 aromatic rings. The van der Waals surface area contributed by atoms with Crippen molar-refractivity contribution in [2.24, 2.45) is 0 Å². The number of carbonyl (C=O) groups excluding carboxylic acids is 2. The maximum absolute atomic E-state index is 12.3. The van der Waals surface area contributed by atoms with Crippen molar-refractivity contribution in [3.05, 3.63) is 42.0 Å². The van der Waals surface area contributed by atoms with E-state index in [9.17, 15) is 14.4 Å². The molecule has 1 aliphatic heterocycles. The highest BCUT2D eigenvalue weighted by atomic mass is 16.4. The summed E-state index contributed by atoms with van der Waals surface area (Å²) in [7, 11) is 0. The largest absolute Gasteiger partial charge is 0.480 e. The molecule has 6 heteroatoms. The smallest absolute Gasteiger partial charge is 0.326 e. The Kier molecular flexibility index (Phi) is 5.51. The minimum absolute atomic E-state index is 0.0408. The topological polar surface area (TPSA) is 86.7 Å². The van der Waals surface area contributed by atoms with E-state index >= 15 is 0 Å². The quantitative estimate of drug-likeness (QED) is 0.786. The van der Waals surface area contributed by atoms with Gasteiger partial charge in [0.15, 0.2) is 0 Å². The Morgan fingerprint density at radius 3 is 2.83 bits per heavy atom. The highest BCUT2D eigenvalue weighted by Crippen LogP contribution is 2.22. The van der Waals surface area contributed by atoms with Crippen molar-refractivity contribution >= 4 is 23.5 Å². The first-order valence-electron chi connectivity index (χ1n) is 7.58. The zero-order chi connectivity index (χ0) is 16.8. The van der Waals surface area contributed by atoms with Crippen LogP contribution in [0, 0.1) is 0 Å². The van der Waals surface area contributed by atoms with Crippen LogP contribution in [0.5, 0.6) is 0 Å². The number of hydrogen-bond acceptors (Lipinski definition) is 3. The van der Waals surface area contributed by atoms with Gasteiger partial charge in [-0.1, -0.05) is 18.2 Å². The van der Waals surface area contributed by atoms with E-state index in [4.69, 9.17) is 5.11 Å². The van der Waals surface area contributed by atoms with Gasteiger partial charge >= 0.3 is 5.97 Å². The molecule has 6 nitrogen and oxygen atoms in total. The van der Waals surface area contributed by atoms with Crippen LogP contribution in [-0.4, -0.2) is 35.5 Å². The van der Waals surface area contributed by atoms with Crippen LogP contribution >= 0.6 is 0 Å². The second-order valence-electron chi connectivity index (χ2n) is 5.37. The van der Waals surface area contributed by atoms with Crippen LogP contribution < -0.4 is 10.2 Å². The molecule has 0 saturated carbocycles. The molecule has 1 saturated heterocycles. The summed E-state index contributed by atoms with van der Waals surface area (Å²) in [5.41, 5.74) is 1.01. The lowest BCUT2D eigenvalue weighted by atomic mass is 10.1. The molecule has 122 valence electrons. The zero-order valence-corrected chi connectivity index (χ0v) is 13.0. The maximum Gasteiger partial charge on any atom is 0.326 e. The molecule has 1 heterocycles. The fourth-order valence-corrected chi connectivity index (χ4v) is 2.47. The molecule has 2 rings (SSSR count). The number of anilines is 1. The van der Waals surface area contributed by atoms with E-state index in [0.717, 1.165) is 6.42 Å². The van der Waals surface area contributed by atoms with Crippen molar-refractivity contribution in [1.82, 2.24) is 5.32 Å². The number of nitrogens with zero attached hydrogens (tertiary/aromatic N) is 1. The van der Waals surface area contributed by atoms with Gasteiger partial charge in [0.25, 0.3) is 5.91 Å². The monoisotopic (exact) mass is 316 g/mol. The Balaban J connectivity index is 2.12. The molecule has 2 amide bonds. The minimum atomic E-state index is -1.08. The summed E-state index contributed by atoms with van der Waals surface area (Å²) in [5.74, 6) is -1.50. The molecular weight excluding hydrogens is 296 g/mol. The molecule has 0 radical (unpaired) electrons. The first kappa shape index (κ1) is 16.7. The molecule has 1 atom stereocenters. The van der Waals surface area contributed by atoms with Gasteiger partial charge in [0.05, 0.1) is 0 Å². The first-order chi connectivity index (χ1) is 11.0. The van der Waals surface area contributed by atoms with E-state index in [1.165, 1.54) is 0 Å². The van der Waals surface area contributed by atoms with E-state index in [2.05, 4.69) is 5.32 Å². The van der Waals surface area contributed by atoms with Crippen molar-refractivity contribution in [2.45, 2.75) is 32.2 Å². The van der Waals surface area contributed by atoms with Crippen LogP contribution in [0.4, 0.5) is 5.69 Å². The molecular formula is C17H20N2O4. The lowest BCUT2D eigenvalue weighted by Gasteiger charge is -2.17. The van der Waals surface area contributed by atoms with Gasteiger partial charge in [0.2, 0.25) is 5.91 Å². The van der Waals surface area contributed by atoms with Gasteiger partial charge in [-0.3, -0.25) is 9.59 Å². The number of hydrogen-bond donors (Lipinski definition) is 2. The third-order valence-electron chi connectivity index (χ3n) is 3.70. The number of nitrogens with one attached hydrogen (secondary N) is 1. The van der Waals surface area contributed by atoms with Gasteiger partial charge in [-0.2, -0.15) is 0 Å². The Labute approximate surface area is 134 Å². The van der Waals surface area contributed by atoms with Crippen molar-refractivity contribution in [2.75, 3.05) is 11.4 Å². The van der Waals surface area contributed by atoms with Gasteiger partial charge in [0.1, 0.15) is 6.04 Å². The average Bonchev–Trinajstić information content (AvgIpc) is 2.97. The summed E-state index contributed by atoms with van der Waals surface area (Å²) >= 11 is 0. The Hall–Kier alpha value is -2.63. The molecule has 2 N–H and O–H groups in total. The number of rotatable bonds is 6. The van der Waals surface area contributed by atoms with Crippen LogP contribution in [0.3, 0.4) is 0 Å². The van der Waals surface area contributed by atoms with Gasteiger partial charge in [-0.15, -0.1) is 0 Å². The minimum Gasteiger partial charge on any atom is -0.480 e. The normalized spacial score (nSPS) is 15.9. The molecule has 1 fully saturated rings. The molecule has 1 aliphatic rings. The van der Waals surface area contributed by atoms with Crippen LogP contribution in [-0.2, 0) is 9.59 Å². The van der Waals surface area contributed by atoms with Crippen LogP contribution in [0.15, 0.2) is 36.4 Å². The molecule has 23 heavy (non-hydrogen) atoms. The summed E-state index contributed by atoms with van der Waals surface area (Å²) in [4.78, 5) is 36.9. The Morgan fingerprint density at radius 2 is 2.22 bits per heavy atom. The predicted molar refractivity (Wildman–Crippen MR) is 86.4 cm³/mol. The summed E-state index contributed by atoms with van der Waals surface area (Å²) in [6, 6.07) is 5.71. The molecule has 1 aromatic carbocycles. The average molecular weight is 316 g/mol. The predicted octanol–water partition coefficient (Wildman–Crippen LogP) is 1.96. The van der Waals surface area contributed by atoms with E-state index < -0.39 is 17.9 Å². The van der Waals surface area contributed by atoms with E-state index in [0.29, 0.717) is 24.2 Å². The van der Waals surface area contributed by atoms with Gasteiger partial charge in [-0.05, 0) is 38.0 Å². The molecule has 0 aromatic heterocycles. The van der Waals surface area contributed by atoms with Gasteiger partial charge in [-0.25, -0.2) is 4.79 Å². The third-order valence-corrected chi connectivity index (χ3v) is 3.70. The van der Waals surface area contributed by atoms with Gasteiger partial charge < -0.3 is 15.3 Å². The molecule has 0 spiro atoms. The molecule has 0 bridgehead atoms. The summed E-state index contributed by atoms with van der Waals surface area (Å²) in [5, 5.41) is 11.7. The van der Waals surface area contributed by atoms with Gasteiger partial charge in [0, 0.05) is 24.2 Å². The number of carboxylic acid groups (broad SMARTS) is 1. The standard InChI is InChI=1S/C17H20N2O4/c1-2-3-8-14(17(22)23)18-16(21)12-6-4-7-13(11-12)19-10-5-9-15(19)20/h2-4,6-7,11,14H,5,8-10H2,1H3,(H,18,21)(H,22,23)/b3-2+. The van der Waals surface area contributed by atoms with Crippen molar-refractivity contribution in [1.29, 1.82) is 0 Å².